The van der Waals surface area contributed by atoms with E-state index in [1.807, 2.05) is 18.2 Å². The number of aryl methyl sites for hydroxylation is 1. The summed E-state index contributed by atoms with van der Waals surface area (Å²) in [6.45, 7) is 0. The first-order chi connectivity index (χ1) is 9.31. The average Bonchev–Trinajstić information content (AvgIpc) is 2.45. The summed E-state index contributed by atoms with van der Waals surface area (Å²) in [6, 6.07) is 14.6. The van der Waals surface area contributed by atoms with Crippen LogP contribution < -0.4 is 10.1 Å². The molecule has 1 N–H and O–H groups in total. The fourth-order valence-corrected chi connectivity index (χ4v) is 3.24. The zero-order valence-corrected chi connectivity index (χ0v) is 11.2. The first-order valence-electron chi connectivity index (χ1n) is 6.62. The van der Waals surface area contributed by atoms with Crippen LogP contribution in [-0.2, 0) is 6.42 Å². The van der Waals surface area contributed by atoms with Crippen LogP contribution in [0.3, 0.4) is 0 Å². The largest absolute Gasteiger partial charge is 0.481 e. The molecule has 2 nitrogen and oxygen atoms in total. The van der Waals surface area contributed by atoms with Gasteiger partial charge < -0.3 is 10.1 Å². The number of fused-ring (bicyclic) bond motifs is 4. The van der Waals surface area contributed by atoms with Gasteiger partial charge in [-0.05, 0) is 42.2 Å². The highest BCUT2D eigenvalue weighted by Crippen LogP contribution is 2.43. The summed E-state index contributed by atoms with van der Waals surface area (Å²) >= 11 is 6.04. The van der Waals surface area contributed by atoms with Crippen molar-refractivity contribution in [1.29, 1.82) is 0 Å². The smallest absolute Gasteiger partial charge is 0.144 e. The maximum Gasteiger partial charge on any atom is 0.144 e. The van der Waals surface area contributed by atoms with Crippen molar-refractivity contribution in [2.24, 2.45) is 0 Å². The van der Waals surface area contributed by atoms with E-state index < -0.39 is 0 Å². The summed E-state index contributed by atoms with van der Waals surface area (Å²) in [4.78, 5) is 0. The fourth-order valence-electron chi connectivity index (χ4n) is 3.07. The van der Waals surface area contributed by atoms with Crippen LogP contribution in [0.2, 0.25) is 5.02 Å². The molecule has 0 bridgehead atoms. The minimum Gasteiger partial charge on any atom is -0.481 e. The first-order valence-corrected chi connectivity index (χ1v) is 6.99. The van der Waals surface area contributed by atoms with E-state index in [1.54, 1.807) is 0 Å². The average molecular weight is 272 g/mol. The van der Waals surface area contributed by atoms with E-state index >= 15 is 0 Å². The Labute approximate surface area is 117 Å². The van der Waals surface area contributed by atoms with Crippen LogP contribution in [-0.4, -0.2) is 6.04 Å². The maximum atomic E-state index is 6.20. The number of halogens is 1. The molecule has 96 valence electrons. The molecule has 2 atom stereocenters. The van der Waals surface area contributed by atoms with Crippen molar-refractivity contribution in [1.82, 2.24) is 0 Å². The van der Waals surface area contributed by atoms with Crippen LogP contribution in [0.5, 0.6) is 5.75 Å². The third-order valence-corrected chi connectivity index (χ3v) is 4.22. The molecule has 3 heteroatoms. The van der Waals surface area contributed by atoms with Gasteiger partial charge in [-0.25, -0.2) is 0 Å². The predicted molar refractivity (Wildman–Crippen MR) is 77.0 cm³/mol. The van der Waals surface area contributed by atoms with Crippen LogP contribution in [0, 0.1) is 0 Å². The molecule has 2 aromatic carbocycles. The van der Waals surface area contributed by atoms with Gasteiger partial charge in [0.05, 0.1) is 11.7 Å². The summed E-state index contributed by atoms with van der Waals surface area (Å²) in [7, 11) is 0. The molecule has 0 saturated carbocycles. The van der Waals surface area contributed by atoms with Crippen molar-refractivity contribution in [3.05, 3.63) is 58.6 Å². The lowest BCUT2D eigenvalue weighted by Crippen LogP contribution is -2.38. The van der Waals surface area contributed by atoms with Crippen molar-refractivity contribution in [2.45, 2.75) is 25.0 Å². The number of anilines is 1. The van der Waals surface area contributed by atoms with Crippen LogP contribution in [0.25, 0.3) is 0 Å². The zero-order chi connectivity index (χ0) is 12.8. The Morgan fingerprint density at radius 1 is 1.16 bits per heavy atom. The second-order valence-corrected chi connectivity index (χ2v) is 5.60. The van der Waals surface area contributed by atoms with E-state index in [4.69, 9.17) is 16.3 Å². The molecule has 0 amide bonds. The maximum absolute atomic E-state index is 6.20. The Morgan fingerprint density at radius 2 is 2.05 bits per heavy atom. The van der Waals surface area contributed by atoms with Crippen molar-refractivity contribution in [2.75, 3.05) is 5.32 Å². The SMILES string of the molecule is Clc1ccc2c(c1)NC1CCc3ccccc3C1O2. The molecule has 2 aromatic rings. The summed E-state index contributed by atoms with van der Waals surface area (Å²) in [5, 5.41) is 4.31. The van der Waals surface area contributed by atoms with E-state index in [9.17, 15) is 0 Å². The number of ether oxygens (including phenoxy) is 1. The Bertz CT molecular complexity index is 640. The van der Waals surface area contributed by atoms with Crippen molar-refractivity contribution in [3.8, 4) is 5.75 Å². The molecule has 1 aliphatic heterocycles. The summed E-state index contributed by atoms with van der Waals surface area (Å²) < 4.78 is 6.20. The number of nitrogens with one attached hydrogen (secondary N) is 1. The van der Waals surface area contributed by atoms with E-state index in [1.165, 1.54) is 11.1 Å². The predicted octanol–water partition coefficient (Wildman–Crippen LogP) is 4.20. The normalized spacial score (nSPS) is 23.4. The zero-order valence-electron chi connectivity index (χ0n) is 10.4. The van der Waals surface area contributed by atoms with E-state index in [0.29, 0.717) is 6.04 Å². The van der Waals surface area contributed by atoms with Gasteiger partial charge in [-0.15, -0.1) is 0 Å². The molecule has 0 aromatic heterocycles. The second-order valence-electron chi connectivity index (χ2n) is 5.17. The van der Waals surface area contributed by atoms with Gasteiger partial charge in [0.25, 0.3) is 0 Å². The summed E-state index contributed by atoms with van der Waals surface area (Å²) in [5.74, 6) is 0.891. The van der Waals surface area contributed by atoms with Crippen molar-refractivity contribution >= 4 is 17.3 Å². The van der Waals surface area contributed by atoms with E-state index in [2.05, 4.69) is 29.6 Å². The Hall–Kier alpha value is -1.67. The first kappa shape index (κ1) is 11.2. The number of benzene rings is 2. The molecule has 2 unspecified atom stereocenters. The molecule has 0 radical (unpaired) electrons. The fraction of sp³-hybridized carbons (Fsp3) is 0.250. The summed E-state index contributed by atoms with van der Waals surface area (Å²) in [5.41, 5.74) is 3.72. The minimum absolute atomic E-state index is 0.110. The highest BCUT2D eigenvalue weighted by Gasteiger charge is 2.35. The third-order valence-electron chi connectivity index (χ3n) is 3.99. The molecule has 0 spiro atoms. The number of rotatable bonds is 0. The van der Waals surface area contributed by atoms with Gasteiger partial charge in [0.2, 0.25) is 0 Å². The van der Waals surface area contributed by atoms with Crippen LogP contribution in [0.4, 0.5) is 5.69 Å². The molecule has 0 fully saturated rings. The molecule has 1 heterocycles. The molecule has 2 aliphatic rings. The highest BCUT2D eigenvalue weighted by molar-refractivity contribution is 6.30. The van der Waals surface area contributed by atoms with Gasteiger partial charge in [0, 0.05) is 5.02 Å². The molecular weight excluding hydrogens is 258 g/mol. The van der Waals surface area contributed by atoms with Crippen molar-refractivity contribution < 1.29 is 4.74 Å². The van der Waals surface area contributed by atoms with Crippen LogP contribution in [0.15, 0.2) is 42.5 Å². The van der Waals surface area contributed by atoms with E-state index in [-0.39, 0.29) is 6.10 Å². The number of hydrogen-bond donors (Lipinski definition) is 1. The van der Waals surface area contributed by atoms with Gasteiger partial charge in [-0.2, -0.15) is 0 Å². The van der Waals surface area contributed by atoms with Crippen molar-refractivity contribution in [3.63, 3.8) is 0 Å². The van der Waals surface area contributed by atoms with E-state index in [0.717, 1.165) is 29.3 Å². The Balaban J connectivity index is 1.77. The number of hydrogen-bond acceptors (Lipinski definition) is 2. The van der Waals surface area contributed by atoms with Crippen LogP contribution in [0.1, 0.15) is 23.7 Å². The standard InChI is InChI=1S/C16H14ClNO/c17-11-6-8-15-14(9-11)18-13-7-5-10-3-1-2-4-12(10)16(13)19-15/h1-4,6,8-9,13,16,18H,5,7H2. The quantitative estimate of drug-likeness (QED) is 0.775. The van der Waals surface area contributed by atoms with Gasteiger partial charge in [0.15, 0.2) is 0 Å². The van der Waals surface area contributed by atoms with Gasteiger partial charge in [-0.1, -0.05) is 35.9 Å². The summed E-state index contributed by atoms with van der Waals surface area (Å²) in [6.07, 6.45) is 2.30. The highest BCUT2D eigenvalue weighted by atomic mass is 35.5. The Kier molecular flexibility index (Phi) is 2.46. The second kappa shape index (κ2) is 4.17. The topological polar surface area (TPSA) is 21.3 Å². The molecule has 19 heavy (non-hydrogen) atoms. The lowest BCUT2D eigenvalue weighted by atomic mass is 9.85. The van der Waals surface area contributed by atoms with Gasteiger partial charge in [0.1, 0.15) is 11.9 Å². The Morgan fingerprint density at radius 3 is 3.00 bits per heavy atom. The molecular formula is C16H14ClNO. The monoisotopic (exact) mass is 271 g/mol. The van der Waals surface area contributed by atoms with Gasteiger partial charge >= 0.3 is 0 Å². The lowest BCUT2D eigenvalue weighted by molar-refractivity contribution is 0.158. The molecule has 4 rings (SSSR count). The van der Waals surface area contributed by atoms with Crippen LogP contribution >= 0.6 is 11.6 Å². The lowest BCUT2D eigenvalue weighted by Gasteiger charge is -2.39. The molecule has 0 saturated heterocycles. The third kappa shape index (κ3) is 1.79. The molecule has 1 aliphatic carbocycles. The minimum atomic E-state index is 0.110. The van der Waals surface area contributed by atoms with Gasteiger partial charge in [-0.3, -0.25) is 0 Å².